The summed E-state index contributed by atoms with van der Waals surface area (Å²) >= 11 is 2.98. The zero-order chi connectivity index (χ0) is 13.0. The predicted octanol–water partition coefficient (Wildman–Crippen LogP) is 1.53. The van der Waals surface area contributed by atoms with Crippen molar-refractivity contribution in [1.82, 2.24) is 5.32 Å². The SMILES string of the molecule is CC(CO)CNC(=O)c1cc(F)c(Br)cc1N. The Labute approximate surface area is 107 Å². The van der Waals surface area contributed by atoms with Gasteiger partial charge in [-0.1, -0.05) is 6.92 Å². The van der Waals surface area contributed by atoms with E-state index in [1.807, 2.05) is 0 Å². The molecular formula is C11H14BrFN2O2. The molecule has 6 heteroatoms. The van der Waals surface area contributed by atoms with Crippen molar-refractivity contribution in [3.63, 3.8) is 0 Å². The summed E-state index contributed by atoms with van der Waals surface area (Å²) in [6.07, 6.45) is 0. The van der Waals surface area contributed by atoms with Crippen LogP contribution in [0.15, 0.2) is 16.6 Å². The molecule has 1 unspecified atom stereocenters. The third-order valence-corrected chi connectivity index (χ3v) is 2.87. The Morgan fingerprint density at radius 3 is 2.88 bits per heavy atom. The molecule has 94 valence electrons. The lowest BCUT2D eigenvalue weighted by Crippen LogP contribution is -2.30. The molecule has 0 radical (unpaired) electrons. The number of carbonyl (C=O) groups is 1. The zero-order valence-electron chi connectivity index (χ0n) is 9.34. The van der Waals surface area contributed by atoms with Crippen LogP contribution in [0.5, 0.6) is 0 Å². The maximum absolute atomic E-state index is 13.3. The average molecular weight is 305 g/mol. The fourth-order valence-corrected chi connectivity index (χ4v) is 1.55. The molecular weight excluding hydrogens is 291 g/mol. The topological polar surface area (TPSA) is 75.3 Å². The summed E-state index contributed by atoms with van der Waals surface area (Å²) in [7, 11) is 0. The molecule has 0 aromatic heterocycles. The molecule has 1 aromatic carbocycles. The molecule has 0 heterocycles. The standard InChI is InChI=1S/C11H14BrFN2O2/c1-6(5-16)4-15-11(17)7-2-9(13)8(12)3-10(7)14/h2-3,6,16H,4-5,14H2,1H3,(H,15,17). The van der Waals surface area contributed by atoms with Crippen LogP contribution < -0.4 is 11.1 Å². The second-order valence-electron chi connectivity index (χ2n) is 3.85. The van der Waals surface area contributed by atoms with E-state index in [4.69, 9.17) is 10.8 Å². The van der Waals surface area contributed by atoms with Crippen LogP contribution in [0.1, 0.15) is 17.3 Å². The Morgan fingerprint density at radius 2 is 2.29 bits per heavy atom. The highest BCUT2D eigenvalue weighted by atomic mass is 79.9. The van der Waals surface area contributed by atoms with E-state index in [9.17, 15) is 9.18 Å². The van der Waals surface area contributed by atoms with Gasteiger partial charge in [-0.3, -0.25) is 4.79 Å². The summed E-state index contributed by atoms with van der Waals surface area (Å²) in [5.74, 6) is -1.05. The van der Waals surface area contributed by atoms with Gasteiger partial charge in [-0.2, -0.15) is 0 Å². The lowest BCUT2D eigenvalue weighted by atomic mass is 10.1. The minimum absolute atomic E-state index is 0.0234. The quantitative estimate of drug-likeness (QED) is 0.738. The molecule has 1 aromatic rings. The van der Waals surface area contributed by atoms with Gasteiger partial charge in [0.15, 0.2) is 0 Å². The summed E-state index contributed by atoms with van der Waals surface area (Å²) in [6.45, 7) is 2.07. The molecule has 1 rings (SSSR count). The second kappa shape index (κ2) is 5.97. The molecule has 1 amide bonds. The molecule has 0 aliphatic carbocycles. The molecule has 0 saturated heterocycles. The number of halogens is 2. The average Bonchev–Trinajstić information content (AvgIpc) is 2.30. The van der Waals surface area contributed by atoms with Crippen LogP contribution in [0.2, 0.25) is 0 Å². The minimum atomic E-state index is -0.542. The van der Waals surface area contributed by atoms with Gasteiger partial charge < -0.3 is 16.2 Å². The number of amides is 1. The molecule has 0 aliphatic heterocycles. The third-order valence-electron chi connectivity index (χ3n) is 2.26. The number of aliphatic hydroxyl groups is 1. The Morgan fingerprint density at radius 1 is 1.65 bits per heavy atom. The predicted molar refractivity (Wildman–Crippen MR) is 67.1 cm³/mol. The summed E-state index contributed by atoms with van der Waals surface area (Å²) in [4.78, 5) is 11.7. The smallest absolute Gasteiger partial charge is 0.253 e. The lowest BCUT2D eigenvalue weighted by Gasteiger charge is -2.11. The lowest BCUT2D eigenvalue weighted by molar-refractivity contribution is 0.0942. The number of benzene rings is 1. The number of nitrogens with two attached hydrogens (primary N) is 1. The van der Waals surface area contributed by atoms with Crippen LogP contribution >= 0.6 is 15.9 Å². The molecule has 0 saturated carbocycles. The molecule has 4 N–H and O–H groups in total. The molecule has 0 aliphatic rings. The minimum Gasteiger partial charge on any atom is -0.398 e. The van der Waals surface area contributed by atoms with Crippen molar-refractivity contribution in [2.24, 2.45) is 5.92 Å². The van der Waals surface area contributed by atoms with Crippen LogP contribution in [0.3, 0.4) is 0 Å². The van der Waals surface area contributed by atoms with E-state index < -0.39 is 11.7 Å². The third kappa shape index (κ3) is 3.67. The van der Waals surface area contributed by atoms with Crippen molar-refractivity contribution in [3.05, 3.63) is 28.0 Å². The molecule has 0 spiro atoms. The summed E-state index contributed by atoms with van der Waals surface area (Å²) in [5, 5.41) is 11.4. The van der Waals surface area contributed by atoms with Crippen LogP contribution in [-0.4, -0.2) is 24.2 Å². The highest BCUT2D eigenvalue weighted by Crippen LogP contribution is 2.22. The van der Waals surface area contributed by atoms with Crippen molar-refractivity contribution in [3.8, 4) is 0 Å². The van der Waals surface area contributed by atoms with Crippen molar-refractivity contribution >= 4 is 27.5 Å². The fraction of sp³-hybridized carbons (Fsp3) is 0.364. The van der Waals surface area contributed by atoms with E-state index in [0.717, 1.165) is 6.07 Å². The molecule has 1 atom stereocenters. The van der Waals surface area contributed by atoms with E-state index in [0.29, 0.717) is 6.54 Å². The number of nitrogens with one attached hydrogen (secondary N) is 1. The van der Waals surface area contributed by atoms with Crippen molar-refractivity contribution in [2.75, 3.05) is 18.9 Å². The zero-order valence-corrected chi connectivity index (χ0v) is 10.9. The van der Waals surface area contributed by atoms with Gasteiger partial charge in [0.1, 0.15) is 5.82 Å². The Balaban J connectivity index is 2.79. The Bertz CT molecular complexity index is 426. The van der Waals surface area contributed by atoms with E-state index in [1.54, 1.807) is 6.92 Å². The number of hydrogen-bond donors (Lipinski definition) is 3. The first-order chi connectivity index (χ1) is 7.95. The van der Waals surface area contributed by atoms with E-state index >= 15 is 0 Å². The maximum atomic E-state index is 13.3. The Kier molecular flexibility index (Phi) is 4.89. The van der Waals surface area contributed by atoms with Gasteiger partial charge in [-0.05, 0) is 34.0 Å². The van der Waals surface area contributed by atoms with Crippen molar-refractivity contribution < 1.29 is 14.3 Å². The van der Waals surface area contributed by atoms with Crippen molar-refractivity contribution in [1.29, 1.82) is 0 Å². The normalized spacial score (nSPS) is 12.2. The van der Waals surface area contributed by atoms with Gasteiger partial charge >= 0.3 is 0 Å². The number of nitrogen functional groups attached to an aromatic ring is 1. The largest absolute Gasteiger partial charge is 0.398 e. The van der Waals surface area contributed by atoms with Crippen LogP contribution in [-0.2, 0) is 0 Å². The number of aliphatic hydroxyl groups excluding tert-OH is 1. The number of anilines is 1. The molecule has 4 nitrogen and oxygen atoms in total. The number of hydrogen-bond acceptors (Lipinski definition) is 3. The maximum Gasteiger partial charge on any atom is 0.253 e. The number of carbonyl (C=O) groups excluding carboxylic acids is 1. The summed E-state index contributed by atoms with van der Waals surface area (Å²) in [5.41, 5.74) is 5.92. The van der Waals surface area contributed by atoms with Crippen molar-refractivity contribution in [2.45, 2.75) is 6.92 Å². The van der Waals surface area contributed by atoms with Crippen LogP contribution in [0.25, 0.3) is 0 Å². The van der Waals surface area contributed by atoms with Gasteiger partial charge in [0, 0.05) is 18.8 Å². The van der Waals surface area contributed by atoms with Gasteiger partial charge in [0.2, 0.25) is 0 Å². The van der Waals surface area contributed by atoms with Gasteiger partial charge in [-0.25, -0.2) is 4.39 Å². The molecule has 0 fully saturated rings. The fourth-order valence-electron chi connectivity index (χ4n) is 1.19. The van der Waals surface area contributed by atoms with Gasteiger partial charge in [0.25, 0.3) is 5.91 Å². The first-order valence-electron chi connectivity index (χ1n) is 5.09. The first kappa shape index (κ1) is 13.9. The van der Waals surface area contributed by atoms with Crippen LogP contribution in [0.4, 0.5) is 10.1 Å². The Hall–Kier alpha value is -1.14. The highest BCUT2D eigenvalue weighted by molar-refractivity contribution is 9.10. The van der Waals surface area contributed by atoms with Crippen LogP contribution in [0, 0.1) is 11.7 Å². The van der Waals surface area contributed by atoms with Gasteiger partial charge in [0.05, 0.1) is 10.0 Å². The van der Waals surface area contributed by atoms with Gasteiger partial charge in [-0.15, -0.1) is 0 Å². The monoisotopic (exact) mass is 304 g/mol. The summed E-state index contributed by atoms with van der Waals surface area (Å²) < 4.78 is 13.5. The highest BCUT2D eigenvalue weighted by Gasteiger charge is 2.13. The van der Waals surface area contributed by atoms with E-state index in [2.05, 4.69) is 21.2 Å². The van der Waals surface area contributed by atoms with E-state index in [1.165, 1.54) is 6.07 Å². The van der Waals surface area contributed by atoms with E-state index in [-0.39, 0.29) is 28.2 Å². The molecule has 0 bridgehead atoms. The second-order valence-corrected chi connectivity index (χ2v) is 4.71. The number of rotatable bonds is 4. The first-order valence-corrected chi connectivity index (χ1v) is 5.88. The summed E-state index contributed by atoms with van der Waals surface area (Å²) in [6, 6.07) is 2.43. The molecule has 17 heavy (non-hydrogen) atoms.